The zero-order valence-electron chi connectivity index (χ0n) is 10.8. The molecule has 0 atom stereocenters. The van der Waals surface area contributed by atoms with E-state index in [0.29, 0.717) is 12.0 Å². The Morgan fingerprint density at radius 1 is 1.42 bits per heavy atom. The van der Waals surface area contributed by atoms with E-state index < -0.39 is 0 Å². The normalized spacial score (nSPS) is 15.6. The molecule has 1 amide bonds. The summed E-state index contributed by atoms with van der Waals surface area (Å²) in [5.41, 5.74) is 3.58. The number of hydrogen-bond donors (Lipinski definition) is 2. The van der Waals surface area contributed by atoms with E-state index in [-0.39, 0.29) is 12.5 Å². The maximum Gasteiger partial charge on any atom is 0.266 e. The molecule has 0 radical (unpaired) electrons. The fourth-order valence-corrected chi connectivity index (χ4v) is 2.70. The molecule has 1 aromatic rings. The van der Waals surface area contributed by atoms with Gasteiger partial charge in [0.2, 0.25) is 0 Å². The van der Waals surface area contributed by atoms with Crippen LogP contribution in [0.25, 0.3) is 0 Å². The van der Waals surface area contributed by atoms with Gasteiger partial charge < -0.3 is 5.11 Å². The number of nitrogens with zero attached hydrogens (tertiary/aromatic N) is 1. The monoisotopic (exact) mass is 278 g/mol. The minimum atomic E-state index is -0.0617. The molecule has 1 aliphatic heterocycles. The van der Waals surface area contributed by atoms with Gasteiger partial charge in [0.25, 0.3) is 5.91 Å². The van der Waals surface area contributed by atoms with E-state index in [9.17, 15) is 4.79 Å². The fourth-order valence-electron chi connectivity index (χ4n) is 1.94. The van der Waals surface area contributed by atoms with E-state index in [0.717, 1.165) is 30.8 Å². The maximum absolute atomic E-state index is 12.0. The molecule has 0 saturated carbocycles. The lowest BCUT2D eigenvalue weighted by Gasteiger charge is -2.26. The number of aliphatic hydroxyl groups excluding tert-OH is 1. The number of thiophene rings is 1. The smallest absolute Gasteiger partial charge is 0.266 e. The van der Waals surface area contributed by atoms with Crippen molar-refractivity contribution in [2.24, 2.45) is 0 Å². The summed E-state index contributed by atoms with van der Waals surface area (Å²) in [4.78, 5) is 12.9. The first kappa shape index (κ1) is 14.1. The second kappa shape index (κ2) is 7.29. The average Bonchev–Trinajstić information content (AvgIpc) is 2.89. The quantitative estimate of drug-likeness (QED) is 0.826. The Morgan fingerprint density at radius 3 is 2.95 bits per heavy atom. The summed E-state index contributed by atoms with van der Waals surface area (Å²) in [5, 5.41) is 12.5. The summed E-state index contributed by atoms with van der Waals surface area (Å²) in [6.45, 7) is 1.93. The topological polar surface area (TPSA) is 52.6 Å². The van der Waals surface area contributed by atoms with Crippen LogP contribution in [0.2, 0.25) is 0 Å². The lowest BCUT2D eigenvalue weighted by atomic mass is 10.2. The first-order valence-electron chi connectivity index (χ1n) is 6.54. The molecule has 0 bridgehead atoms. The van der Waals surface area contributed by atoms with Crippen LogP contribution in [0.5, 0.6) is 0 Å². The fraction of sp³-hybridized carbons (Fsp3) is 0.500. The van der Waals surface area contributed by atoms with Crippen LogP contribution in [0.1, 0.15) is 40.9 Å². The molecule has 19 heavy (non-hydrogen) atoms. The second-order valence-electron chi connectivity index (χ2n) is 4.46. The van der Waals surface area contributed by atoms with E-state index >= 15 is 0 Å². The van der Waals surface area contributed by atoms with Crippen molar-refractivity contribution in [3.8, 4) is 11.8 Å². The standard InChI is InChI=1S/C14H18N2O2S/c17-9-5-2-6-13-10-12(11-19-13)14(18)15-16-7-3-1-4-8-16/h10-11,17H,1,3-5,7-9H2,(H,15,18). The van der Waals surface area contributed by atoms with Gasteiger partial charge in [0.05, 0.1) is 17.0 Å². The summed E-state index contributed by atoms with van der Waals surface area (Å²) in [6, 6.07) is 1.80. The molecule has 0 aromatic carbocycles. The molecular weight excluding hydrogens is 260 g/mol. The zero-order chi connectivity index (χ0) is 13.5. The molecular formula is C14H18N2O2S. The number of aliphatic hydroxyl groups is 1. The van der Waals surface area contributed by atoms with E-state index in [1.807, 2.05) is 10.4 Å². The number of carbonyl (C=O) groups excluding carboxylic acids is 1. The summed E-state index contributed by atoms with van der Waals surface area (Å²) in [7, 11) is 0. The molecule has 102 valence electrons. The molecule has 1 saturated heterocycles. The molecule has 1 fully saturated rings. The Bertz CT molecular complexity index is 481. The maximum atomic E-state index is 12.0. The molecule has 4 nitrogen and oxygen atoms in total. The molecule has 1 aliphatic rings. The average molecular weight is 278 g/mol. The van der Waals surface area contributed by atoms with Crippen molar-refractivity contribution < 1.29 is 9.90 Å². The van der Waals surface area contributed by atoms with Gasteiger partial charge in [-0.1, -0.05) is 18.3 Å². The highest BCUT2D eigenvalue weighted by Gasteiger charge is 2.14. The molecule has 2 N–H and O–H groups in total. The Balaban J connectivity index is 1.90. The van der Waals surface area contributed by atoms with Crippen molar-refractivity contribution in [3.05, 3.63) is 21.9 Å². The number of carbonyl (C=O) groups is 1. The third kappa shape index (κ3) is 4.35. The van der Waals surface area contributed by atoms with Crippen molar-refractivity contribution >= 4 is 17.2 Å². The number of hydrogen-bond acceptors (Lipinski definition) is 4. The predicted molar refractivity (Wildman–Crippen MR) is 75.8 cm³/mol. The lowest BCUT2D eigenvalue weighted by molar-refractivity contribution is 0.0750. The highest BCUT2D eigenvalue weighted by molar-refractivity contribution is 7.10. The van der Waals surface area contributed by atoms with Crippen molar-refractivity contribution in [2.45, 2.75) is 25.7 Å². The minimum absolute atomic E-state index is 0.0617. The first-order chi connectivity index (χ1) is 9.29. The van der Waals surface area contributed by atoms with Crippen molar-refractivity contribution in [1.29, 1.82) is 0 Å². The first-order valence-corrected chi connectivity index (χ1v) is 7.42. The molecule has 5 heteroatoms. The van der Waals surface area contributed by atoms with E-state index in [1.165, 1.54) is 17.8 Å². The predicted octanol–water partition coefficient (Wildman–Crippen LogP) is 1.61. The number of hydrazine groups is 1. The third-order valence-corrected chi connectivity index (χ3v) is 3.77. The van der Waals surface area contributed by atoms with Crippen molar-refractivity contribution in [3.63, 3.8) is 0 Å². The molecule has 2 rings (SSSR count). The van der Waals surface area contributed by atoms with Gasteiger partial charge in [-0.25, -0.2) is 5.01 Å². The van der Waals surface area contributed by atoms with Gasteiger partial charge >= 0.3 is 0 Å². The van der Waals surface area contributed by atoms with Crippen LogP contribution in [0.4, 0.5) is 0 Å². The van der Waals surface area contributed by atoms with E-state index in [4.69, 9.17) is 5.11 Å². The van der Waals surface area contributed by atoms with Crippen molar-refractivity contribution in [1.82, 2.24) is 10.4 Å². The number of piperidine rings is 1. The lowest BCUT2D eigenvalue weighted by Crippen LogP contribution is -2.44. The van der Waals surface area contributed by atoms with Crippen LogP contribution in [-0.4, -0.2) is 35.7 Å². The van der Waals surface area contributed by atoms with E-state index in [2.05, 4.69) is 17.3 Å². The molecule has 1 aromatic heterocycles. The van der Waals surface area contributed by atoms with Crippen LogP contribution < -0.4 is 5.43 Å². The van der Waals surface area contributed by atoms with Crippen LogP contribution in [0.15, 0.2) is 11.4 Å². The van der Waals surface area contributed by atoms with Gasteiger partial charge in [0.1, 0.15) is 0 Å². The Kier molecular flexibility index (Phi) is 5.40. The van der Waals surface area contributed by atoms with Gasteiger partial charge in [-0.2, -0.15) is 0 Å². The SMILES string of the molecule is O=C(NN1CCCCC1)c1csc(C#CCCO)c1. The Morgan fingerprint density at radius 2 is 2.21 bits per heavy atom. The van der Waals surface area contributed by atoms with Crippen LogP contribution >= 0.6 is 11.3 Å². The minimum Gasteiger partial charge on any atom is -0.395 e. The molecule has 2 heterocycles. The second-order valence-corrected chi connectivity index (χ2v) is 5.37. The van der Waals surface area contributed by atoms with Gasteiger partial charge in [0.15, 0.2) is 0 Å². The summed E-state index contributed by atoms with van der Waals surface area (Å²) >= 11 is 1.46. The van der Waals surface area contributed by atoms with Gasteiger partial charge in [-0.05, 0) is 18.9 Å². The molecule has 0 aliphatic carbocycles. The van der Waals surface area contributed by atoms with E-state index in [1.54, 1.807) is 6.07 Å². The Labute approximate surface area is 117 Å². The van der Waals surface area contributed by atoms with Crippen LogP contribution in [0.3, 0.4) is 0 Å². The number of amides is 1. The summed E-state index contributed by atoms with van der Waals surface area (Å²) in [6.07, 6.45) is 3.99. The highest BCUT2D eigenvalue weighted by atomic mass is 32.1. The van der Waals surface area contributed by atoms with Crippen molar-refractivity contribution in [2.75, 3.05) is 19.7 Å². The third-order valence-electron chi connectivity index (χ3n) is 2.93. The zero-order valence-corrected chi connectivity index (χ0v) is 11.6. The molecule has 0 unspecified atom stereocenters. The summed E-state index contributed by atoms with van der Waals surface area (Å²) in [5.74, 6) is 5.73. The van der Waals surface area contributed by atoms with Gasteiger partial charge in [0, 0.05) is 24.9 Å². The Hall–Kier alpha value is -1.35. The number of nitrogens with one attached hydrogen (secondary N) is 1. The van der Waals surface area contributed by atoms with Gasteiger partial charge in [-0.15, -0.1) is 11.3 Å². The largest absolute Gasteiger partial charge is 0.395 e. The number of rotatable bonds is 3. The highest BCUT2D eigenvalue weighted by Crippen LogP contribution is 2.14. The van der Waals surface area contributed by atoms with Crippen LogP contribution in [-0.2, 0) is 0 Å². The van der Waals surface area contributed by atoms with Crippen LogP contribution in [0, 0.1) is 11.8 Å². The van der Waals surface area contributed by atoms with Gasteiger partial charge in [-0.3, -0.25) is 10.2 Å². The summed E-state index contributed by atoms with van der Waals surface area (Å²) < 4.78 is 0. The molecule has 0 spiro atoms.